The van der Waals surface area contributed by atoms with E-state index < -0.39 is 5.60 Å². The molecule has 1 aromatic carbocycles. The Hall–Kier alpha value is -2.11. The lowest BCUT2D eigenvalue weighted by atomic mass is 9.99. The molecule has 0 bridgehead atoms. The third-order valence-electron chi connectivity index (χ3n) is 4.08. The fourth-order valence-electron chi connectivity index (χ4n) is 2.73. The van der Waals surface area contributed by atoms with E-state index in [0.717, 1.165) is 17.4 Å². The Balaban J connectivity index is 1.55. The Morgan fingerprint density at radius 3 is 2.79 bits per heavy atom. The fraction of sp³-hybridized carbons (Fsp3) is 0.421. The van der Waals surface area contributed by atoms with Crippen LogP contribution >= 0.6 is 0 Å². The zero-order valence-corrected chi connectivity index (χ0v) is 14.1. The molecule has 2 atom stereocenters. The molecule has 0 amide bonds. The Labute approximate surface area is 140 Å². The summed E-state index contributed by atoms with van der Waals surface area (Å²) in [5.41, 5.74) is 0.497. The van der Waals surface area contributed by atoms with Gasteiger partial charge in [-0.3, -0.25) is 0 Å². The second-order valence-electron chi connectivity index (χ2n) is 6.77. The smallest absolute Gasteiger partial charge is 0.336 e. The molecule has 2 heterocycles. The Morgan fingerprint density at radius 1 is 1.33 bits per heavy atom. The molecule has 2 aromatic rings. The summed E-state index contributed by atoms with van der Waals surface area (Å²) >= 11 is 0. The lowest BCUT2D eigenvalue weighted by molar-refractivity contribution is 0.0482. The molecule has 0 saturated carbocycles. The molecule has 0 spiro atoms. The lowest BCUT2D eigenvalue weighted by Crippen LogP contribution is -2.28. The first kappa shape index (κ1) is 16.7. The first-order valence-corrected chi connectivity index (χ1v) is 8.03. The summed E-state index contributed by atoms with van der Waals surface area (Å²) in [5.74, 6) is 0.651. The summed E-state index contributed by atoms with van der Waals surface area (Å²) in [6, 6.07) is 8.55. The quantitative estimate of drug-likeness (QED) is 0.501. The van der Waals surface area contributed by atoms with Gasteiger partial charge in [0.1, 0.15) is 24.0 Å². The summed E-state index contributed by atoms with van der Waals surface area (Å²) in [6.45, 7) is 5.97. The van der Waals surface area contributed by atoms with Crippen LogP contribution in [0, 0.1) is 0 Å². The maximum absolute atomic E-state index is 11.3. The van der Waals surface area contributed by atoms with E-state index in [0.29, 0.717) is 17.9 Å². The fourth-order valence-corrected chi connectivity index (χ4v) is 2.73. The summed E-state index contributed by atoms with van der Waals surface area (Å²) in [5, 5.41) is 10.7. The van der Waals surface area contributed by atoms with Crippen LogP contribution in [0.15, 0.2) is 51.2 Å². The van der Waals surface area contributed by atoms with Gasteiger partial charge in [0.25, 0.3) is 0 Å². The summed E-state index contributed by atoms with van der Waals surface area (Å²) in [7, 11) is 0. The van der Waals surface area contributed by atoms with Gasteiger partial charge in [-0.2, -0.15) is 0 Å². The van der Waals surface area contributed by atoms with E-state index >= 15 is 0 Å². The SMILES string of the molecule is C/C(=C\COc1ccc2ccc(=O)oc2c1)C[C@H]1O[C@@H]1C(C)(C)O. The van der Waals surface area contributed by atoms with Crippen LogP contribution in [0.4, 0.5) is 0 Å². The van der Waals surface area contributed by atoms with Gasteiger partial charge in [-0.15, -0.1) is 0 Å². The highest BCUT2D eigenvalue weighted by atomic mass is 16.6. The van der Waals surface area contributed by atoms with E-state index in [-0.39, 0.29) is 17.8 Å². The van der Waals surface area contributed by atoms with Gasteiger partial charge in [0.05, 0.1) is 11.7 Å². The summed E-state index contributed by atoms with van der Waals surface area (Å²) in [4.78, 5) is 11.3. The number of rotatable bonds is 6. The third kappa shape index (κ3) is 4.04. The second-order valence-corrected chi connectivity index (χ2v) is 6.77. The molecule has 1 fully saturated rings. The molecule has 3 rings (SSSR count). The lowest BCUT2D eigenvalue weighted by Gasteiger charge is -2.13. The highest BCUT2D eigenvalue weighted by Crippen LogP contribution is 2.36. The number of ether oxygens (including phenoxy) is 2. The molecule has 0 radical (unpaired) electrons. The molecule has 0 aliphatic carbocycles. The highest BCUT2D eigenvalue weighted by molar-refractivity contribution is 5.77. The van der Waals surface area contributed by atoms with Crippen LogP contribution in [-0.4, -0.2) is 29.5 Å². The van der Waals surface area contributed by atoms with Crippen LogP contribution in [0.5, 0.6) is 5.75 Å². The molecule has 1 aromatic heterocycles. The normalized spacial score (nSPS) is 21.1. The van der Waals surface area contributed by atoms with Crippen LogP contribution in [0.3, 0.4) is 0 Å². The van der Waals surface area contributed by atoms with Gasteiger partial charge in [-0.1, -0.05) is 5.57 Å². The van der Waals surface area contributed by atoms with Crippen molar-refractivity contribution >= 4 is 11.0 Å². The Kier molecular flexibility index (Phi) is 4.47. The van der Waals surface area contributed by atoms with E-state index in [1.165, 1.54) is 6.07 Å². The first-order chi connectivity index (χ1) is 11.3. The standard InChI is InChI=1S/C19H22O5/c1-12(10-16-18(24-16)19(2,3)21)8-9-22-14-6-4-13-5-7-17(20)23-15(13)11-14/h4-8,11,16,18,21H,9-10H2,1-3H3/b12-8+/t16-,18+/m1/s1. The van der Waals surface area contributed by atoms with Crippen LogP contribution in [-0.2, 0) is 4.74 Å². The molecule has 5 nitrogen and oxygen atoms in total. The van der Waals surface area contributed by atoms with E-state index in [9.17, 15) is 9.90 Å². The van der Waals surface area contributed by atoms with Crippen molar-refractivity contribution < 1.29 is 19.0 Å². The molecule has 5 heteroatoms. The molecule has 1 N–H and O–H groups in total. The van der Waals surface area contributed by atoms with E-state index in [1.54, 1.807) is 26.0 Å². The van der Waals surface area contributed by atoms with Crippen LogP contribution in [0.1, 0.15) is 27.2 Å². The monoisotopic (exact) mass is 330 g/mol. The van der Waals surface area contributed by atoms with Crippen molar-refractivity contribution in [2.24, 2.45) is 0 Å². The van der Waals surface area contributed by atoms with Crippen LogP contribution in [0.2, 0.25) is 0 Å². The third-order valence-corrected chi connectivity index (χ3v) is 4.08. The van der Waals surface area contributed by atoms with Crippen molar-refractivity contribution in [2.75, 3.05) is 6.61 Å². The van der Waals surface area contributed by atoms with Crippen molar-refractivity contribution in [3.63, 3.8) is 0 Å². The Morgan fingerprint density at radius 2 is 2.08 bits per heavy atom. The van der Waals surface area contributed by atoms with Gasteiger partial charge in [-0.05, 0) is 51.5 Å². The molecule has 1 saturated heterocycles. The maximum Gasteiger partial charge on any atom is 0.336 e. The van der Waals surface area contributed by atoms with Gasteiger partial charge in [0.2, 0.25) is 0 Å². The van der Waals surface area contributed by atoms with Crippen molar-refractivity contribution in [3.8, 4) is 5.75 Å². The number of benzene rings is 1. The maximum atomic E-state index is 11.3. The number of aliphatic hydroxyl groups is 1. The van der Waals surface area contributed by atoms with Crippen molar-refractivity contribution in [2.45, 2.75) is 45.0 Å². The van der Waals surface area contributed by atoms with E-state index in [2.05, 4.69) is 0 Å². The number of epoxide rings is 1. The van der Waals surface area contributed by atoms with Crippen molar-refractivity contribution in [1.29, 1.82) is 0 Å². The van der Waals surface area contributed by atoms with Crippen LogP contribution in [0.25, 0.3) is 11.0 Å². The molecule has 24 heavy (non-hydrogen) atoms. The van der Waals surface area contributed by atoms with Gasteiger partial charge < -0.3 is 19.0 Å². The van der Waals surface area contributed by atoms with Crippen molar-refractivity contribution in [3.05, 3.63) is 52.4 Å². The zero-order valence-electron chi connectivity index (χ0n) is 14.1. The minimum absolute atomic E-state index is 0.0798. The summed E-state index contributed by atoms with van der Waals surface area (Å²) < 4.78 is 16.3. The molecule has 128 valence electrons. The van der Waals surface area contributed by atoms with E-state index in [1.807, 2.05) is 25.1 Å². The number of fused-ring (bicyclic) bond motifs is 1. The average Bonchev–Trinajstić information content (AvgIpc) is 3.26. The molecule has 1 aliphatic rings. The largest absolute Gasteiger partial charge is 0.489 e. The van der Waals surface area contributed by atoms with Crippen LogP contribution < -0.4 is 10.4 Å². The van der Waals surface area contributed by atoms with Gasteiger partial charge >= 0.3 is 5.63 Å². The van der Waals surface area contributed by atoms with E-state index in [4.69, 9.17) is 13.9 Å². The molecule has 0 unspecified atom stereocenters. The van der Waals surface area contributed by atoms with Crippen molar-refractivity contribution in [1.82, 2.24) is 0 Å². The van der Waals surface area contributed by atoms with Gasteiger partial charge in [0.15, 0.2) is 0 Å². The predicted octanol–water partition coefficient (Wildman–Crippen LogP) is 3.05. The number of hydrogen-bond acceptors (Lipinski definition) is 5. The molecular weight excluding hydrogens is 308 g/mol. The zero-order chi connectivity index (χ0) is 17.3. The topological polar surface area (TPSA) is 72.2 Å². The predicted molar refractivity (Wildman–Crippen MR) is 91.3 cm³/mol. The minimum Gasteiger partial charge on any atom is -0.489 e. The highest BCUT2D eigenvalue weighted by Gasteiger charge is 2.48. The average molecular weight is 330 g/mol. The molecular formula is C19H22O5. The first-order valence-electron chi connectivity index (χ1n) is 8.03. The van der Waals surface area contributed by atoms with Gasteiger partial charge in [-0.25, -0.2) is 4.79 Å². The molecule has 1 aliphatic heterocycles. The summed E-state index contributed by atoms with van der Waals surface area (Å²) in [6.07, 6.45) is 2.76. The minimum atomic E-state index is -0.795. The number of hydrogen-bond donors (Lipinski definition) is 1. The van der Waals surface area contributed by atoms with Gasteiger partial charge in [0, 0.05) is 17.5 Å². The second kappa shape index (κ2) is 6.42. The Bertz CT molecular complexity index is 812.